The Labute approximate surface area is 180 Å². The van der Waals surface area contributed by atoms with Crippen molar-refractivity contribution in [3.05, 3.63) is 58.9 Å². The van der Waals surface area contributed by atoms with E-state index in [9.17, 15) is 17.6 Å². The molecule has 0 saturated heterocycles. The third-order valence-corrected chi connectivity index (χ3v) is 9.10. The molecule has 0 unspecified atom stereocenters. The van der Waals surface area contributed by atoms with Crippen LogP contribution in [0.15, 0.2) is 35.6 Å². The van der Waals surface area contributed by atoms with E-state index in [-0.39, 0.29) is 35.0 Å². The Hall–Kier alpha value is -2.68. The highest BCUT2D eigenvalue weighted by molar-refractivity contribution is 7.93. The van der Waals surface area contributed by atoms with Crippen LogP contribution in [0.1, 0.15) is 59.9 Å². The fourth-order valence-electron chi connectivity index (χ4n) is 4.63. The molecule has 1 atom stereocenters. The van der Waals surface area contributed by atoms with Crippen molar-refractivity contribution in [3.63, 3.8) is 0 Å². The fourth-order valence-corrected chi connectivity index (χ4v) is 7.14. The van der Waals surface area contributed by atoms with Crippen LogP contribution in [0.2, 0.25) is 0 Å². The molecular weight excluding hydrogens is 419 g/mol. The summed E-state index contributed by atoms with van der Waals surface area (Å²) in [6.45, 7) is 3.35. The number of aryl methyl sites for hydroxylation is 1. The molecule has 1 aliphatic carbocycles. The summed E-state index contributed by atoms with van der Waals surface area (Å²) in [7, 11) is -3.64. The van der Waals surface area contributed by atoms with Crippen molar-refractivity contribution in [2.45, 2.75) is 56.2 Å². The summed E-state index contributed by atoms with van der Waals surface area (Å²) in [6.07, 6.45) is 5.36. The SMILES string of the molecule is Cc1cnc(C(=O)Cc2ccc(F)c([C@]3(C)CS(=O)(=O)C4(CCCC4)C(N)=N3)c2)cn1. The molecule has 2 N–H and O–H groups in total. The van der Waals surface area contributed by atoms with Gasteiger partial charge in [-0.2, -0.15) is 0 Å². The number of Topliss-reactive ketones (excluding diaryl/α,β-unsaturated/α-hetero) is 1. The number of ketones is 1. The first-order chi connectivity index (χ1) is 14.6. The molecule has 1 fully saturated rings. The maximum Gasteiger partial charge on any atom is 0.187 e. The normalized spacial score (nSPS) is 24.2. The van der Waals surface area contributed by atoms with Crippen LogP contribution in [0.5, 0.6) is 0 Å². The van der Waals surface area contributed by atoms with Crippen molar-refractivity contribution in [2.75, 3.05) is 5.75 Å². The van der Waals surface area contributed by atoms with Crippen LogP contribution in [0.4, 0.5) is 4.39 Å². The Kier molecular flexibility index (Phi) is 5.20. The van der Waals surface area contributed by atoms with Gasteiger partial charge in [-0.15, -0.1) is 0 Å². The largest absolute Gasteiger partial charge is 0.386 e. The average molecular weight is 445 g/mol. The van der Waals surface area contributed by atoms with Crippen LogP contribution >= 0.6 is 0 Å². The van der Waals surface area contributed by atoms with Crippen LogP contribution < -0.4 is 5.73 Å². The van der Waals surface area contributed by atoms with Gasteiger partial charge in [0.1, 0.15) is 27.6 Å². The predicted molar refractivity (Wildman–Crippen MR) is 115 cm³/mol. The number of rotatable bonds is 4. The third kappa shape index (κ3) is 3.64. The molecule has 2 aliphatic rings. The lowest BCUT2D eigenvalue weighted by Gasteiger charge is -2.39. The lowest BCUT2D eigenvalue weighted by atomic mass is 9.90. The number of benzene rings is 1. The minimum absolute atomic E-state index is 0.0169. The van der Waals surface area contributed by atoms with Crippen LogP contribution in [-0.4, -0.2) is 40.5 Å². The second-order valence-electron chi connectivity index (χ2n) is 8.69. The van der Waals surface area contributed by atoms with Gasteiger partial charge in [0, 0.05) is 18.2 Å². The maximum atomic E-state index is 14.8. The summed E-state index contributed by atoms with van der Waals surface area (Å²) in [5.74, 6) is -1.10. The lowest BCUT2D eigenvalue weighted by molar-refractivity contribution is 0.0987. The van der Waals surface area contributed by atoms with Crippen LogP contribution in [0, 0.1) is 12.7 Å². The molecule has 31 heavy (non-hydrogen) atoms. The van der Waals surface area contributed by atoms with E-state index in [1.54, 1.807) is 13.8 Å². The van der Waals surface area contributed by atoms with Gasteiger partial charge >= 0.3 is 0 Å². The van der Waals surface area contributed by atoms with Gasteiger partial charge in [0.05, 0.1) is 17.6 Å². The van der Waals surface area contributed by atoms with E-state index >= 15 is 0 Å². The first-order valence-corrected chi connectivity index (χ1v) is 11.9. The number of aliphatic imine (C=N–C) groups is 1. The molecule has 9 heteroatoms. The molecule has 0 amide bonds. The monoisotopic (exact) mass is 444 g/mol. The zero-order chi connectivity index (χ0) is 22.4. The van der Waals surface area contributed by atoms with Crippen molar-refractivity contribution in [3.8, 4) is 0 Å². The molecule has 7 nitrogen and oxygen atoms in total. The van der Waals surface area contributed by atoms with Crippen molar-refractivity contribution in [1.29, 1.82) is 0 Å². The number of carbonyl (C=O) groups is 1. The number of hydrogen-bond donors (Lipinski definition) is 1. The molecule has 1 aromatic heterocycles. The first kappa shape index (κ1) is 21.5. The predicted octanol–water partition coefficient (Wildman–Crippen LogP) is 2.66. The topological polar surface area (TPSA) is 115 Å². The highest BCUT2D eigenvalue weighted by Gasteiger charge is 2.55. The number of halogens is 1. The Morgan fingerprint density at radius 2 is 1.90 bits per heavy atom. The van der Waals surface area contributed by atoms with E-state index in [0.717, 1.165) is 12.8 Å². The molecule has 0 radical (unpaired) electrons. The Morgan fingerprint density at radius 1 is 1.19 bits per heavy atom. The summed E-state index contributed by atoms with van der Waals surface area (Å²) >= 11 is 0. The van der Waals surface area contributed by atoms with E-state index in [1.165, 1.54) is 30.6 Å². The van der Waals surface area contributed by atoms with Gasteiger partial charge in [-0.3, -0.25) is 14.8 Å². The first-order valence-electron chi connectivity index (χ1n) is 10.3. The van der Waals surface area contributed by atoms with Crippen molar-refractivity contribution >= 4 is 21.5 Å². The molecule has 2 heterocycles. The zero-order valence-electron chi connectivity index (χ0n) is 17.6. The van der Waals surface area contributed by atoms with Crippen molar-refractivity contribution in [2.24, 2.45) is 10.7 Å². The molecular formula is C22H25FN4O3S. The minimum atomic E-state index is -3.64. The van der Waals surface area contributed by atoms with Gasteiger partial charge < -0.3 is 5.73 Å². The van der Waals surface area contributed by atoms with E-state index in [4.69, 9.17) is 5.73 Å². The van der Waals surface area contributed by atoms with Gasteiger partial charge in [0.15, 0.2) is 15.6 Å². The molecule has 1 spiro atoms. The number of hydrogen-bond acceptors (Lipinski definition) is 7. The van der Waals surface area contributed by atoms with Gasteiger partial charge in [0.2, 0.25) is 0 Å². The summed E-state index contributed by atoms with van der Waals surface area (Å²) in [6, 6.07) is 4.25. The second kappa shape index (κ2) is 7.47. The molecule has 1 aliphatic heterocycles. The summed E-state index contributed by atoms with van der Waals surface area (Å²) in [5, 5.41) is 0. The minimum Gasteiger partial charge on any atom is -0.386 e. The van der Waals surface area contributed by atoms with E-state index in [0.29, 0.717) is 24.1 Å². The van der Waals surface area contributed by atoms with Crippen molar-refractivity contribution in [1.82, 2.24) is 9.97 Å². The number of nitrogens with zero attached hydrogens (tertiary/aromatic N) is 3. The molecule has 2 aromatic rings. The van der Waals surface area contributed by atoms with E-state index < -0.39 is 25.9 Å². The molecule has 1 aromatic carbocycles. The fraction of sp³-hybridized carbons (Fsp3) is 0.455. The number of nitrogens with two attached hydrogens (primary N) is 1. The number of sulfone groups is 1. The zero-order valence-corrected chi connectivity index (χ0v) is 18.4. The maximum absolute atomic E-state index is 14.8. The molecule has 4 rings (SSSR count). The molecule has 1 saturated carbocycles. The lowest BCUT2D eigenvalue weighted by Crippen LogP contribution is -2.56. The summed E-state index contributed by atoms with van der Waals surface area (Å²) in [5.41, 5.74) is 6.41. The van der Waals surface area contributed by atoms with Crippen LogP contribution in [-0.2, 0) is 21.8 Å². The Balaban J connectivity index is 1.69. The van der Waals surface area contributed by atoms with Gasteiger partial charge in [-0.05, 0) is 44.4 Å². The highest BCUT2D eigenvalue weighted by Crippen LogP contribution is 2.45. The third-order valence-electron chi connectivity index (χ3n) is 6.35. The summed E-state index contributed by atoms with van der Waals surface area (Å²) in [4.78, 5) is 25.3. The Morgan fingerprint density at radius 3 is 2.52 bits per heavy atom. The molecule has 0 bridgehead atoms. The van der Waals surface area contributed by atoms with Gasteiger partial charge in [0.25, 0.3) is 0 Å². The highest BCUT2D eigenvalue weighted by atomic mass is 32.2. The van der Waals surface area contributed by atoms with E-state index in [2.05, 4.69) is 15.0 Å². The average Bonchev–Trinajstić information content (AvgIpc) is 3.20. The quantitative estimate of drug-likeness (QED) is 0.725. The van der Waals surface area contributed by atoms with Gasteiger partial charge in [-0.1, -0.05) is 18.9 Å². The summed E-state index contributed by atoms with van der Waals surface area (Å²) < 4.78 is 40.2. The molecule has 164 valence electrons. The van der Waals surface area contributed by atoms with Gasteiger partial charge in [-0.25, -0.2) is 17.8 Å². The van der Waals surface area contributed by atoms with Crippen LogP contribution in [0.25, 0.3) is 0 Å². The van der Waals surface area contributed by atoms with Crippen molar-refractivity contribution < 1.29 is 17.6 Å². The smallest absolute Gasteiger partial charge is 0.187 e. The Bertz CT molecular complexity index is 1170. The number of amidine groups is 1. The number of carbonyl (C=O) groups excluding carboxylic acids is 1. The number of aromatic nitrogens is 2. The van der Waals surface area contributed by atoms with E-state index in [1.807, 2.05) is 0 Å². The van der Waals surface area contributed by atoms with Crippen LogP contribution in [0.3, 0.4) is 0 Å². The second-order valence-corrected chi connectivity index (χ2v) is 11.0. The standard InChI is InChI=1S/C22H25FN4O3S/c1-14-11-26-18(12-25-14)19(28)10-15-5-6-17(23)16(9-15)21(2)13-31(29,30)22(20(24)27-21)7-3-4-8-22/h5-6,9,11-12H,3-4,7-8,10,13H2,1-2H3,(H2,24,27)/t21-/m0/s1.